The van der Waals surface area contributed by atoms with Gasteiger partial charge in [0.15, 0.2) is 5.54 Å². The van der Waals surface area contributed by atoms with Crippen molar-refractivity contribution >= 4 is 5.97 Å². The minimum Gasteiger partial charge on any atom is -0.467 e. The minimum atomic E-state index is -0.545. The summed E-state index contributed by atoms with van der Waals surface area (Å²) < 4.78 is 6.68. The Kier molecular flexibility index (Phi) is 2.75. The lowest BCUT2D eigenvalue weighted by Crippen LogP contribution is -2.44. The molecule has 0 N–H and O–H groups in total. The third kappa shape index (κ3) is 1.64. The van der Waals surface area contributed by atoms with E-state index in [0.29, 0.717) is 0 Å². The number of rotatable bonds is 2. The number of ether oxygens (including phenoxy) is 1. The third-order valence-corrected chi connectivity index (χ3v) is 3.19. The van der Waals surface area contributed by atoms with E-state index in [4.69, 9.17) is 4.74 Å². The van der Waals surface area contributed by atoms with Gasteiger partial charge in [0.1, 0.15) is 0 Å². The first-order valence-corrected chi connectivity index (χ1v) is 5.38. The molecule has 1 aliphatic rings. The first-order chi connectivity index (χ1) is 7.29. The Bertz CT molecular complexity index is 326. The van der Waals surface area contributed by atoms with Crippen LogP contribution < -0.4 is 0 Å². The predicted octanol–water partition coefficient (Wildman–Crippen LogP) is 1.72. The van der Waals surface area contributed by atoms with Crippen LogP contribution in [-0.4, -0.2) is 22.9 Å². The van der Waals surface area contributed by atoms with Gasteiger partial charge in [-0.25, -0.2) is 4.79 Å². The van der Waals surface area contributed by atoms with Crippen LogP contribution in [0.2, 0.25) is 0 Å². The van der Waals surface area contributed by atoms with E-state index in [9.17, 15) is 4.79 Å². The van der Waals surface area contributed by atoms with Crippen LogP contribution in [0.15, 0.2) is 18.5 Å². The number of carbonyl (C=O) groups is 1. The van der Waals surface area contributed by atoms with Crippen molar-refractivity contribution in [3.8, 4) is 0 Å². The van der Waals surface area contributed by atoms with Crippen molar-refractivity contribution in [2.24, 2.45) is 0 Å². The van der Waals surface area contributed by atoms with Crippen LogP contribution in [0.25, 0.3) is 0 Å². The van der Waals surface area contributed by atoms with Crippen molar-refractivity contribution in [1.29, 1.82) is 0 Å². The summed E-state index contributed by atoms with van der Waals surface area (Å²) in [4.78, 5) is 11.9. The van der Waals surface area contributed by atoms with Gasteiger partial charge in [0.05, 0.1) is 7.11 Å². The maximum absolute atomic E-state index is 11.9. The molecule has 1 aromatic rings. The number of carbonyl (C=O) groups excluding carboxylic acids is 1. The average Bonchev–Trinajstić information content (AvgIpc) is 2.83. The van der Waals surface area contributed by atoms with Crippen LogP contribution in [0.4, 0.5) is 0 Å². The molecule has 0 saturated heterocycles. The molecule has 4 nitrogen and oxygen atoms in total. The Labute approximate surface area is 89.2 Å². The first-order valence-electron chi connectivity index (χ1n) is 5.38. The summed E-state index contributed by atoms with van der Waals surface area (Å²) in [6.07, 6.45) is 8.55. The normalized spacial score (nSPS) is 19.8. The highest BCUT2D eigenvalue weighted by atomic mass is 16.5. The molecule has 2 rings (SSSR count). The lowest BCUT2D eigenvalue weighted by molar-refractivity contribution is -0.154. The standard InChI is InChI=1S/C11H16N2O2/c1-15-10(14)11(6-3-2-4-7-11)13-9-5-8-12-13/h5,8-9H,2-4,6-7H2,1H3. The number of aromatic nitrogens is 2. The summed E-state index contributed by atoms with van der Waals surface area (Å²) in [6.45, 7) is 0. The van der Waals surface area contributed by atoms with E-state index < -0.39 is 5.54 Å². The van der Waals surface area contributed by atoms with Crippen molar-refractivity contribution in [2.45, 2.75) is 37.6 Å². The van der Waals surface area contributed by atoms with Crippen LogP contribution in [0.1, 0.15) is 32.1 Å². The summed E-state index contributed by atoms with van der Waals surface area (Å²) in [5.41, 5.74) is -0.545. The highest BCUT2D eigenvalue weighted by Gasteiger charge is 2.42. The zero-order valence-corrected chi connectivity index (χ0v) is 8.98. The summed E-state index contributed by atoms with van der Waals surface area (Å²) in [5.74, 6) is -0.161. The summed E-state index contributed by atoms with van der Waals surface area (Å²) in [6, 6.07) is 1.85. The van der Waals surface area contributed by atoms with Gasteiger partial charge in [0, 0.05) is 12.4 Å². The van der Waals surface area contributed by atoms with Gasteiger partial charge in [0.25, 0.3) is 0 Å². The fraction of sp³-hybridized carbons (Fsp3) is 0.636. The Balaban J connectivity index is 2.34. The molecule has 1 heterocycles. The molecule has 0 radical (unpaired) electrons. The molecular formula is C11H16N2O2. The van der Waals surface area contributed by atoms with Gasteiger partial charge in [0.2, 0.25) is 0 Å². The summed E-state index contributed by atoms with van der Waals surface area (Å²) in [5, 5.41) is 4.20. The van der Waals surface area contributed by atoms with Crippen molar-refractivity contribution in [2.75, 3.05) is 7.11 Å². The van der Waals surface area contributed by atoms with Gasteiger partial charge >= 0.3 is 5.97 Å². The molecule has 0 spiro atoms. The molecule has 0 bridgehead atoms. The molecule has 0 aliphatic heterocycles. The van der Waals surface area contributed by atoms with Crippen molar-refractivity contribution in [1.82, 2.24) is 9.78 Å². The maximum atomic E-state index is 11.9. The highest BCUT2D eigenvalue weighted by Crippen LogP contribution is 2.35. The molecule has 82 valence electrons. The van der Waals surface area contributed by atoms with E-state index in [0.717, 1.165) is 25.7 Å². The maximum Gasteiger partial charge on any atom is 0.333 e. The average molecular weight is 208 g/mol. The summed E-state index contributed by atoms with van der Waals surface area (Å²) in [7, 11) is 1.45. The second-order valence-electron chi connectivity index (χ2n) is 4.03. The number of hydrogen-bond acceptors (Lipinski definition) is 3. The van der Waals surface area contributed by atoms with Crippen molar-refractivity contribution in [3.63, 3.8) is 0 Å². The molecule has 4 heteroatoms. The number of nitrogens with zero attached hydrogens (tertiary/aromatic N) is 2. The topological polar surface area (TPSA) is 44.1 Å². The monoisotopic (exact) mass is 208 g/mol. The van der Waals surface area contributed by atoms with E-state index in [2.05, 4.69) is 5.10 Å². The lowest BCUT2D eigenvalue weighted by atomic mass is 9.82. The predicted molar refractivity (Wildman–Crippen MR) is 55.3 cm³/mol. The van der Waals surface area contributed by atoms with Gasteiger partial charge in [-0.05, 0) is 18.9 Å². The van der Waals surface area contributed by atoms with Gasteiger partial charge in [-0.2, -0.15) is 5.10 Å². The van der Waals surface area contributed by atoms with E-state index >= 15 is 0 Å². The largest absolute Gasteiger partial charge is 0.467 e. The zero-order chi connectivity index (χ0) is 10.7. The Morgan fingerprint density at radius 3 is 2.67 bits per heavy atom. The number of hydrogen-bond donors (Lipinski definition) is 0. The van der Waals surface area contributed by atoms with E-state index in [1.807, 2.05) is 12.3 Å². The molecular weight excluding hydrogens is 192 g/mol. The zero-order valence-electron chi connectivity index (χ0n) is 8.98. The Morgan fingerprint density at radius 2 is 2.13 bits per heavy atom. The molecule has 1 aliphatic carbocycles. The molecule has 1 fully saturated rings. The van der Waals surface area contributed by atoms with Crippen molar-refractivity contribution < 1.29 is 9.53 Å². The third-order valence-electron chi connectivity index (χ3n) is 3.19. The van der Waals surface area contributed by atoms with Crippen LogP contribution in [0.3, 0.4) is 0 Å². The number of esters is 1. The molecule has 15 heavy (non-hydrogen) atoms. The molecule has 1 saturated carbocycles. The molecule has 0 amide bonds. The number of methoxy groups -OCH3 is 1. The van der Waals surface area contributed by atoms with Gasteiger partial charge in [-0.15, -0.1) is 0 Å². The summed E-state index contributed by atoms with van der Waals surface area (Å²) >= 11 is 0. The Morgan fingerprint density at radius 1 is 1.40 bits per heavy atom. The van der Waals surface area contributed by atoms with Crippen LogP contribution >= 0.6 is 0 Å². The molecule has 1 aromatic heterocycles. The van der Waals surface area contributed by atoms with Gasteiger partial charge in [-0.3, -0.25) is 4.68 Å². The quantitative estimate of drug-likeness (QED) is 0.695. The Hall–Kier alpha value is -1.32. The van der Waals surface area contributed by atoms with E-state index in [1.54, 1.807) is 10.9 Å². The van der Waals surface area contributed by atoms with E-state index in [1.165, 1.54) is 13.5 Å². The van der Waals surface area contributed by atoms with Crippen molar-refractivity contribution in [3.05, 3.63) is 18.5 Å². The molecule has 0 aromatic carbocycles. The van der Waals surface area contributed by atoms with Crippen LogP contribution in [0, 0.1) is 0 Å². The SMILES string of the molecule is COC(=O)C1(n2cccn2)CCCCC1. The highest BCUT2D eigenvalue weighted by molar-refractivity contribution is 5.78. The van der Waals surface area contributed by atoms with Crippen LogP contribution in [0.5, 0.6) is 0 Å². The fourth-order valence-corrected chi connectivity index (χ4v) is 2.38. The molecule has 0 unspecified atom stereocenters. The molecule has 0 atom stereocenters. The lowest BCUT2D eigenvalue weighted by Gasteiger charge is -2.34. The van der Waals surface area contributed by atoms with Gasteiger partial charge < -0.3 is 4.74 Å². The first kappa shape index (κ1) is 10.2. The minimum absolute atomic E-state index is 0.161. The second kappa shape index (κ2) is 4.04. The van der Waals surface area contributed by atoms with Crippen LogP contribution in [-0.2, 0) is 15.1 Å². The van der Waals surface area contributed by atoms with Gasteiger partial charge in [-0.1, -0.05) is 19.3 Å². The smallest absolute Gasteiger partial charge is 0.333 e. The fourth-order valence-electron chi connectivity index (χ4n) is 2.38. The van der Waals surface area contributed by atoms with E-state index in [-0.39, 0.29) is 5.97 Å². The second-order valence-corrected chi connectivity index (χ2v) is 4.03.